The molecule has 0 saturated heterocycles. The summed E-state index contributed by atoms with van der Waals surface area (Å²) in [6, 6.07) is 13.3. The van der Waals surface area contributed by atoms with Crippen molar-refractivity contribution in [2.75, 3.05) is 6.54 Å². The summed E-state index contributed by atoms with van der Waals surface area (Å²) in [5.41, 5.74) is 1.87. The lowest BCUT2D eigenvalue weighted by molar-refractivity contribution is 0.511. The van der Waals surface area contributed by atoms with E-state index in [2.05, 4.69) is 50.2 Å². The Labute approximate surface area is 142 Å². The molecule has 1 atom stereocenters. The lowest BCUT2D eigenvalue weighted by atomic mass is 9.98. The van der Waals surface area contributed by atoms with E-state index in [1.807, 2.05) is 24.3 Å². The maximum Gasteiger partial charge on any atom is 0.126 e. The van der Waals surface area contributed by atoms with Crippen LogP contribution in [-0.4, -0.2) is 6.54 Å². The number of hydrogen-bond acceptors (Lipinski definition) is 1. The largest absolute Gasteiger partial charge is 0.310 e. The number of hydrogen-bond donors (Lipinski definition) is 1. The zero-order valence-electron chi connectivity index (χ0n) is 11.9. The van der Waals surface area contributed by atoms with Gasteiger partial charge in [-0.1, -0.05) is 57.0 Å². The summed E-state index contributed by atoms with van der Waals surface area (Å²) in [6.07, 6.45) is 1.66. The van der Waals surface area contributed by atoms with Crippen molar-refractivity contribution >= 4 is 31.9 Å². The lowest BCUT2D eigenvalue weighted by Crippen LogP contribution is -2.24. The molecule has 0 saturated carbocycles. The first kappa shape index (κ1) is 16.7. The third-order valence-corrected chi connectivity index (χ3v) is 4.57. The molecule has 1 nitrogen and oxygen atoms in total. The molecule has 0 aliphatic rings. The minimum Gasteiger partial charge on any atom is -0.310 e. The highest BCUT2D eigenvalue weighted by atomic mass is 79.9. The molecule has 0 aromatic heterocycles. The van der Waals surface area contributed by atoms with Crippen LogP contribution in [0.4, 0.5) is 4.39 Å². The highest BCUT2D eigenvalue weighted by molar-refractivity contribution is 9.10. The summed E-state index contributed by atoms with van der Waals surface area (Å²) < 4.78 is 16.0. The molecule has 1 unspecified atom stereocenters. The Bertz CT molecular complexity index is 601. The molecule has 2 aromatic carbocycles. The van der Waals surface area contributed by atoms with Gasteiger partial charge in [-0.25, -0.2) is 4.39 Å². The first-order chi connectivity index (χ1) is 10.1. The number of rotatable bonds is 6. The van der Waals surface area contributed by atoms with Crippen molar-refractivity contribution in [2.45, 2.75) is 25.8 Å². The average Bonchev–Trinajstić information content (AvgIpc) is 2.48. The summed E-state index contributed by atoms with van der Waals surface area (Å²) in [4.78, 5) is 0. The molecule has 1 N–H and O–H groups in total. The second kappa shape index (κ2) is 8.06. The van der Waals surface area contributed by atoms with Crippen molar-refractivity contribution < 1.29 is 4.39 Å². The average molecular weight is 415 g/mol. The standard InChI is InChI=1S/C17H18Br2FN/c1-2-9-21-17(14-5-3-4-6-15(14)19)11-12-10-13(18)7-8-16(12)20/h3-8,10,17,21H,2,9,11H2,1H3. The van der Waals surface area contributed by atoms with Crippen molar-refractivity contribution in [3.63, 3.8) is 0 Å². The molecular weight excluding hydrogens is 397 g/mol. The van der Waals surface area contributed by atoms with Gasteiger partial charge in [-0.05, 0) is 54.8 Å². The van der Waals surface area contributed by atoms with E-state index >= 15 is 0 Å². The topological polar surface area (TPSA) is 12.0 Å². The SMILES string of the molecule is CCCNC(Cc1cc(Br)ccc1F)c1ccccc1Br. The van der Waals surface area contributed by atoms with Gasteiger partial charge in [0, 0.05) is 15.0 Å². The van der Waals surface area contributed by atoms with Gasteiger partial charge in [-0.3, -0.25) is 0 Å². The minimum atomic E-state index is -0.159. The maximum atomic E-state index is 14.0. The zero-order valence-corrected chi connectivity index (χ0v) is 15.0. The molecule has 112 valence electrons. The van der Waals surface area contributed by atoms with E-state index in [0.717, 1.165) is 27.5 Å². The molecule has 4 heteroatoms. The van der Waals surface area contributed by atoms with Crippen molar-refractivity contribution in [3.05, 3.63) is 68.4 Å². The summed E-state index contributed by atoms with van der Waals surface area (Å²) in [6.45, 7) is 3.03. The molecule has 0 aliphatic carbocycles. The van der Waals surface area contributed by atoms with Gasteiger partial charge in [0.15, 0.2) is 0 Å². The molecule has 0 aliphatic heterocycles. The fourth-order valence-electron chi connectivity index (χ4n) is 2.29. The van der Waals surface area contributed by atoms with Crippen LogP contribution < -0.4 is 5.32 Å². The first-order valence-corrected chi connectivity index (χ1v) is 8.62. The Hall–Kier alpha value is -0.710. The van der Waals surface area contributed by atoms with Crippen LogP contribution in [0.5, 0.6) is 0 Å². The molecular formula is C17H18Br2FN. The Morgan fingerprint density at radius 1 is 1.14 bits per heavy atom. The Balaban J connectivity index is 2.28. The van der Waals surface area contributed by atoms with Gasteiger partial charge in [0.05, 0.1) is 0 Å². The van der Waals surface area contributed by atoms with Gasteiger partial charge in [-0.15, -0.1) is 0 Å². The Kier molecular flexibility index (Phi) is 6.40. The van der Waals surface area contributed by atoms with Crippen molar-refractivity contribution in [1.82, 2.24) is 5.32 Å². The zero-order chi connectivity index (χ0) is 15.2. The van der Waals surface area contributed by atoms with Crippen LogP contribution in [0.1, 0.15) is 30.5 Å². The number of halogens is 3. The van der Waals surface area contributed by atoms with E-state index in [-0.39, 0.29) is 11.9 Å². The van der Waals surface area contributed by atoms with Crippen molar-refractivity contribution in [1.29, 1.82) is 0 Å². The van der Waals surface area contributed by atoms with Crippen molar-refractivity contribution in [3.8, 4) is 0 Å². The molecule has 0 amide bonds. The van der Waals surface area contributed by atoms with Crippen LogP contribution >= 0.6 is 31.9 Å². The normalized spacial score (nSPS) is 12.4. The maximum absolute atomic E-state index is 14.0. The number of benzene rings is 2. The monoisotopic (exact) mass is 413 g/mol. The molecule has 2 rings (SSSR count). The van der Waals surface area contributed by atoms with Gasteiger partial charge < -0.3 is 5.32 Å². The van der Waals surface area contributed by atoms with Crippen LogP contribution in [-0.2, 0) is 6.42 Å². The molecule has 0 radical (unpaired) electrons. The van der Waals surface area contributed by atoms with Crippen LogP contribution in [0.25, 0.3) is 0 Å². The molecule has 2 aromatic rings. The van der Waals surface area contributed by atoms with E-state index in [0.29, 0.717) is 12.0 Å². The summed E-state index contributed by atoms with van der Waals surface area (Å²) >= 11 is 7.01. The smallest absolute Gasteiger partial charge is 0.126 e. The quantitative estimate of drug-likeness (QED) is 0.645. The van der Waals surface area contributed by atoms with Gasteiger partial charge in [0.25, 0.3) is 0 Å². The predicted molar refractivity (Wildman–Crippen MR) is 93.0 cm³/mol. The van der Waals surface area contributed by atoms with Crippen LogP contribution in [0.2, 0.25) is 0 Å². The van der Waals surface area contributed by atoms with Crippen LogP contribution in [0.15, 0.2) is 51.4 Å². The third kappa shape index (κ3) is 4.63. The van der Waals surface area contributed by atoms with Crippen LogP contribution in [0.3, 0.4) is 0 Å². The van der Waals surface area contributed by atoms with Gasteiger partial charge in [-0.2, -0.15) is 0 Å². The molecule has 0 fully saturated rings. The Morgan fingerprint density at radius 3 is 2.62 bits per heavy atom. The minimum absolute atomic E-state index is 0.0873. The lowest BCUT2D eigenvalue weighted by Gasteiger charge is -2.21. The molecule has 21 heavy (non-hydrogen) atoms. The van der Waals surface area contributed by atoms with Gasteiger partial charge >= 0.3 is 0 Å². The molecule has 0 spiro atoms. The highest BCUT2D eigenvalue weighted by Gasteiger charge is 2.16. The first-order valence-electron chi connectivity index (χ1n) is 7.03. The van der Waals surface area contributed by atoms with Gasteiger partial charge in [0.1, 0.15) is 5.82 Å². The molecule has 0 bridgehead atoms. The van der Waals surface area contributed by atoms with E-state index < -0.39 is 0 Å². The van der Waals surface area contributed by atoms with Crippen molar-refractivity contribution in [2.24, 2.45) is 0 Å². The second-order valence-electron chi connectivity index (χ2n) is 4.97. The Morgan fingerprint density at radius 2 is 1.90 bits per heavy atom. The highest BCUT2D eigenvalue weighted by Crippen LogP contribution is 2.28. The van der Waals surface area contributed by atoms with E-state index in [9.17, 15) is 4.39 Å². The fourth-order valence-corrected chi connectivity index (χ4v) is 3.26. The molecule has 0 heterocycles. The summed E-state index contributed by atoms with van der Waals surface area (Å²) in [5.74, 6) is -0.159. The summed E-state index contributed by atoms with van der Waals surface area (Å²) in [5, 5.41) is 3.51. The van der Waals surface area contributed by atoms with E-state index in [1.165, 1.54) is 6.07 Å². The van der Waals surface area contributed by atoms with Crippen LogP contribution in [0, 0.1) is 5.82 Å². The third-order valence-electron chi connectivity index (χ3n) is 3.35. The van der Waals surface area contributed by atoms with E-state index in [4.69, 9.17) is 0 Å². The van der Waals surface area contributed by atoms with Gasteiger partial charge in [0.2, 0.25) is 0 Å². The summed E-state index contributed by atoms with van der Waals surface area (Å²) in [7, 11) is 0. The second-order valence-corrected chi connectivity index (χ2v) is 6.74. The predicted octanol–water partition coefficient (Wildman–Crippen LogP) is 5.63. The van der Waals surface area contributed by atoms with E-state index in [1.54, 1.807) is 6.07 Å². The fraction of sp³-hybridized carbons (Fsp3) is 0.294. The number of nitrogens with one attached hydrogen (secondary N) is 1.